The highest BCUT2D eigenvalue weighted by Gasteiger charge is 2.27. The Balaban J connectivity index is 2.54. The van der Waals surface area contributed by atoms with Crippen LogP contribution in [0.2, 0.25) is 5.02 Å². The predicted octanol–water partition coefficient (Wildman–Crippen LogP) is 2.89. The van der Waals surface area contributed by atoms with E-state index in [0.717, 1.165) is 6.07 Å². The van der Waals surface area contributed by atoms with Crippen LogP contribution in [0.25, 0.3) is 0 Å². The minimum absolute atomic E-state index is 0.0708. The Bertz CT molecular complexity index is 771. The molecule has 0 radical (unpaired) electrons. The van der Waals surface area contributed by atoms with E-state index >= 15 is 0 Å². The Labute approximate surface area is 160 Å². The maximum atomic E-state index is 12.5. The van der Waals surface area contributed by atoms with E-state index in [1.807, 2.05) is 0 Å². The molecular weight excluding hydrogens is 383 g/mol. The number of aromatic hydroxyl groups is 2. The number of carbonyl (C=O) groups excluding carboxylic acids is 2. The second-order valence-corrected chi connectivity index (χ2v) is 6.76. The van der Waals surface area contributed by atoms with Crippen molar-refractivity contribution in [2.75, 3.05) is 0 Å². The molecule has 0 saturated carbocycles. The number of ketones is 1. The fourth-order valence-corrected chi connectivity index (χ4v) is 2.90. The molecule has 3 N–H and O–H groups in total. The molecule has 140 valence electrons. The van der Waals surface area contributed by atoms with Crippen LogP contribution in [-0.2, 0) is 16.0 Å². The fraction of sp³-hybridized carbons (Fsp3) is 0.333. The van der Waals surface area contributed by atoms with E-state index in [-0.39, 0.29) is 29.0 Å². The largest absolute Gasteiger partial charge is 0.507 e. The van der Waals surface area contributed by atoms with Crippen LogP contribution in [0.5, 0.6) is 11.5 Å². The van der Waals surface area contributed by atoms with Gasteiger partial charge in [0.2, 0.25) is 0 Å². The first-order chi connectivity index (χ1) is 12.2. The number of carbonyl (C=O) groups is 2. The number of hydrogen-bond acceptors (Lipinski definition) is 6. The van der Waals surface area contributed by atoms with Gasteiger partial charge >= 0.3 is 5.97 Å². The summed E-state index contributed by atoms with van der Waals surface area (Å²) in [7, 11) is 0. The van der Waals surface area contributed by atoms with Crippen molar-refractivity contribution in [2.24, 2.45) is 0 Å². The number of hydrogen-bond donors (Lipinski definition) is 3. The van der Waals surface area contributed by atoms with E-state index in [9.17, 15) is 24.9 Å². The van der Waals surface area contributed by atoms with Gasteiger partial charge in [0.1, 0.15) is 28.5 Å². The van der Waals surface area contributed by atoms with Gasteiger partial charge in [0.05, 0.1) is 11.1 Å². The van der Waals surface area contributed by atoms with Crippen molar-refractivity contribution in [1.29, 1.82) is 0 Å². The van der Waals surface area contributed by atoms with Crippen LogP contribution < -0.4 is 0 Å². The van der Waals surface area contributed by atoms with E-state index in [0.29, 0.717) is 0 Å². The van der Waals surface area contributed by atoms with Gasteiger partial charge in [-0.25, -0.2) is 4.79 Å². The van der Waals surface area contributed by atoms with E-state index in [1.54, 1.807) is 6.92 Å². The summed E-state index contributed by atoms with van der Waals surface area (Å²) in [4.78, 5) is 24.8. The Hall–Kier alpha value is -2.02. The lowest BCUT2D eigenvalue weighted by molar-refractivity contribution is -0.117. The van der Waals surface area contributed by atoms with E-state index in [2.05, 4.69) is 0 Å². The molecule has 0 saturated heterocycles. The molecule has 0 bridgehead atoms. The molecule has 1 aliphatic heterocycles. The van der Waals surface area contributed by atoms with Gasteiger partial charge in [-0.2, -0.15) is 0 Å². The molecule has 0 amide bonds. The number of esters is 1. The number of benzene rings is 1. The van der Waals surface area contributed by atoms with Gasteiger partial charge in [-0.1, -0.05) is 35.9 Å². The van der Waals surface area contributed by atoms with Crippen LogP contribution in [0.4, 0.5) is 0 Å². The molecule has 0 spiro atoms. The maximum Gasteiger partial charge on any atom is 0.342 e. The lowest BCUT2D eigenvalue weighted by Crippen LogP contribution is -2.23. The number of Topliss-reactive ketones (excluding diaryl/α,β-unsaturated/α-hetero) is 1. The van der Waals surface area contributed by atoms with Crippen molar-refractivity contribution >= 4 is 35.0 Å². The van der Waals surface area contributed by atoms with Crippen LogP contribution in [-0.4, -0.2) is 44.7 Å². The molecule has 8 heteroatoms. The fourth-order valence-electron chi connectivity index (χ4n) is 2.52. The summed E-state index contributed by atoms with van der Waals surface area (Å²) in [6.45, 7) is 1.58. The molecule has 3 atom stereocenters. The Morgan fingerprint density at radius 3 is 2.50 bits per heavy atom. The number of cyclic esters (lactones) is 1. The molecule has 1 aliphatic rings. The molecule has 3 unspecified atom stereocenters. The van der Waals surface area contributed by atoms with Gasteiger partial charge in [0.25, 0.3) is 0 Å². The molecular formula is C18H18Cl2O6. The first-order valence-electron chi connectivity index (χ1n) is 7.84. The van der Waals surface area contributed by atoms with E-state index in [4.69, 9.17) is 27.9 Å². The minimum atomic E-state index is -1.02. The number of halogens is 2. The predicted molar refractivity (Wildman–Crippen MR) is 96.9 cm³/mol. The van der Waals surface area contributed by atoms with Crippen LogP contribution in [0.15, 0.2) is 30.4 Å². The van der Waals surface area contributed by atoms with Crippen LogP contribution in [0.1, 0.15) is 29.3 Å². The number of aliphatic hydroxyl groups excluding tert-OH is 1. The van der Waals surface area contributed by atoms with Crippen molar-refractivity contribution in [3.05, 3.63) is 46.5 Å². The molecule has 1 heterocycles. The van der Waals surface area contributed by atoms with Gasteiger partial charge in [-0.3, -0.25) is 4.79 Å². The highest BCUT2D eigenvalue weighted by Crippen LogP contribution is 2.37. The zero-order valence-corrected chi connectivity index (χ0v) is 15.4. The summed E-state index contributed by atoms with van der Waals surface area (Å²) in [5.74, 6) is -2.46. The van der Waals surface area contributed by atoms with Crippen LogP contribution >= 0.6 is 23.2 Å². The van der Waals surface area contributed by atoms with Gasteiger partial charge in [-0.15, -0.1) is 11.6 Å². The first kappa shape index (κ1) is 20.3. The van der Waals surface area contributed by atoms with Crippen molar-refractivity contribution < 1.29 is 29.6 Å². The van der Waals surface area contributed by atoms with Crippen molar-refractivity contribution in [3.63, 3.8) is 0 Å². The van der Waals surface area contributed by atoms with Crippen molar-refractivity contribution in [2.45, 2.75) is 37.4 Å². The van der Waals surface area contributed by atoms with Crippen LogP contribution in [0, 0.1) is 0 Å². The average Bonchev–Trinajstić information content (AvgIpc) is 2.54. The normalized spacial score (nSPS) is 27.2. The van der Waals surface area contributed by atoms with E-state index < -0.39 is 40.8 Å². The number of ether oxygens (including phenoxy) is 1. The molecule has 2 rings (SSSR count). The highest BCUT2D eigenvalue weighted by molar-refractivity contribution is 6.35. The van der Waals surface area contributed by atoms with Crippen LogP contribution in [0.3, 0.4) is 0 Å². The number of allylic oxidation sites excluding steroid dienone is 3. The summed E-state index contributed by atoms with van der Waals surface area (Å²) >= 11 is 12.1. The topological polar surface area (TPSA) is 104 Å². The minimum Gasteiger partial charge on any atom is -0.507 e. The smallest absolute Gasteiger partial charge is 0.342 e. The average molecular weight is 401 g/mol. The summed E-state index contributed by atoms with van der Waals surface area (Å²) in [6.07, 6.45) is 4.12. The lowest BCUT2D eigenvalue weighted by atomic mass is 9.98. The second-order valence-electron chi connectivity index (χ2n) is 5.92. The third-order valence-corrected chi connectivity index (χ3v) is 4.60. The molecule has 0 fully saturated rings. The first-order valence-corrected chi connectivity index (χ1v) is 8.66. The molecule has 1 aromatic carbocycles. The number of phenolic OH excluding ortho intramolecular Hbond substituents is 2. The highest BCUT2D eigenvalue weighted by atomic mass is 35.5. The third-order valence-electron chi connectivity index (χ3n) is 3.79. The summed E-state index contributed by atoms with van der Waals surface area (Å²) in [5, 5.41) is 28.5. The quantitative estimate of drug-likeness (QED) is 0.456. The zero-order chi connectivity index (χ0) is 19.4. The SMILES string of the molecule is CC1CC(O)/C=C/C=C\C(Cl)C(=O)Cc2c(Cl)c(O)cc(O)c2C(=O)O1. The molecule has 0 aliphatic carbocycles. The Morgan fingerprint density at radius 1 is 1.15 bits per heavy atom. The monoisotopic (exact) mass is 400 g/mol. The third kappa shape index (κ3) is 4.78. The van der Waals surface area contributed by atoms with Gasteiger partial charge < -0.3 is 20.1 Å². The van der Waals surface area contributed by atoms with Gasteiger partial charge in [0.15, 0.2) is 5.78 Å². The van der Waals surface area contributed by atoms with Crippen molar-refractivity contribution in [3.8, 4) is 11.5 Å². The molecule has 26 heavy (non-hydrogen) atoms. The second kappa shape index (κ2) is 8.58. The van der Waals surface area contributed by atoms with E-state index in [1.165, 1.54) is 24.3 Å². The van der Waals surface area contributed by atoms with Gasteiger partial charge in [0, 0.05) is 24.5 Å². The molecule has 0 aromatic heterocycles. The number of aliphatic hydroxyl groups is 1. The maximum absolute atomic E-state index is 12.5. The number of phenols is 2. The standard InChI is InChI=1S/C18H18Cl2O6/c1-9-6-10(21)4-2-3-5-12(19)13(22)7-11-16(18(25)26-9)14(23)8-15(24)17(11)20/h2-5,8-10,12,21,23-24H,6-7H2,1H3/b4-2+,5-3-. The van der Waals surface area contributed by atoms with Gasteiger partial charge in [-0.05, 0) is 6.92 Å². The Kier molecular flexibility index (Phi) is 6.69. The zero-order valence-electron chi connectivity index (χ0n) is 13.9. The lowest BCUT2D eigenvalue weighted by Gasteiger charge is -2.19. The summed E-state index contributed by atoms with van der Waals surface area (Å²) < 4.78 is 5.23. The van der Waals surface area contributed by atoms with Crippen molar-refractivity contribution in [1.82, 2.24) is 0 Å². The summed E-state index contributed by atoms with van der Waals surface area (Å²) in [6, 6.07) is 0.899. The molecule has 6 nitrogen and oxygen atoms in total. The Morgan fingerprint density at radius 2 is 1.81 bits per heavy atom. The molecule has 1 aromatic rings. The number of fused-ring (bicyclic) bond motifs is 1. The summed E-state index contributed by atoms with van der Waals surface area (Å²) in [5.41, 5.74) is -0.387. The number of alkyl halides is 1. The number of rotatable bonds is 0.